The maximum atomic E-state index is 13.4. The zero-order chi connectivity index (χ0) is 22.9. The maximum Gasteiger partial charge on any atom is 0.228 e. The predicted molar refractivity (Wildman–Crippen MR) is 126 cm³/mol. The van der Waals surface area contributed by atoms with Crippen molar-refractivity contribution in [1.29, 1.82) is 0 Å². The molecule has 0 saturated carbocycles. The molecule has 0 radical (unpaired) electrons. The molecule has 0 bridgehead atoms. The summed E-state index contributed by atoms with van der Waals surface area (Å²) in [5.41, 5.74) is 2.45. The fourth-order valence-corrected chi connectivity index (χ4v) is 4.31. The van der Waals surface area contributed by atoms with Crippen LogP contribution >= 0.6 is 23.4 Å². The number of hydrogen-bond donors (Lipinski definition) is 1. The second-order valence-electron chi connectivity index (χ2n) is 8.21. The van der Waals surface area contributed by atoms with Crippen molar-refractivity contribution in [3.05, 3.63) is 76.3 Å². The molecule has 1 aliphatic heterocycles. The lowest BCUT2D eigenvalue weighted by Crippen LogP contribution is -2.23. The number of likely N-dealkylation sites (N-methyl/N-ethyl adjacent to an activating group) is 1. The Kier molecular flexibility index (Phi) is 6.42. The highest BCUT2D eigenvalue weighted by molar-refractivity contribution is 8.03. The number of halogens is 2. The van der Waals surface area contributed by atoms with E-state index in [1.54, 1.807) is 18.3 Å². The molecule has 4 rings (SSSR count). The van der Waals surface area contributed by atoms with E-state index < -0.39 is 5.41 Å². The van der Waals surface area contributed by atoms with Gasteiger partial charge in [0.15, 0.2) is 5.09 Å². The Morgan fingerprint density at radius 2 is 1.88 bits per heavy atom. The first-order valence-electron chi connectivity index (χ1n) is 10.1. The van der Waals surface area contributed by atoms with Crippen molar-refractivity contribution < 1.29 is 13.9 Å². The monoisotopic (exact) mass is 471 g/mol. The minimum absolute atomic E-state index is 0.00428. The van der Waals surface area contributed by atoms with Gasteiger partial charge in [-0.05, 0) is 60.3 Å². The summed E-state index contributed by atoms with van der Waals surface area (Å²) in [4.78, 5) is 11.3. The van der Waals surface area contributed by atoms with E-state index >= 15 is 0 Å². The smallest absolute Gasteiger partial charge is 0.228 e. The summed E-state index contributed by atoms with van der Waals surface area (Å²) >= 11 is 7.58. The van der Waals surface area contributed by atoms with Crippen LogP contribution in [0.5, 0.6) is 0 Å². The van der Waals surface area contributed by atoms with Crippen molar-refractivity contribution in [2.75, 3.05) is 20.2 Å². The minimum atomic E-state index is -0.444. The molecule has 0 spiro atoms. The molecule has 1 N–H and O–H groups in total. The van der Waals surface area contributed by atoms with Gasteiger partial charge >= 0.3 is 0 Å². The van der Waals surface area contributed by atoms with E-state index in [0.717, 1.165) is 21.3 Å². The van der Waals surface area contributed by atoms with Crippen LogP contribution in [0, 0.1) is 5.82 Å². The van der Waals surface area contributed by atoms with Crippen LogP contribution in [0.25, 0.3) is 22.7 Å². The Hall–Kier alpha value is -2.61. The van der Waals surface area contributed by atoms with Gasteiger partial charge in [-0.15, -0.1) is 0 Å². The van der Waals surface area contributed by atoms with Gasteiger partial charge in [-0.2, -0.15) is 0 Å². The number of aromatic nitrogens is 2. The second kappa shape index (κ2) is 9.10. The largest absolute Gasteiger partial charge is 0.429 e. The van der Waals surface area contributed by atoms with Gasteiger partial charge in [0, 0.05) is 40.5 Å². The van der Waals surface area contributed by atoms with Gasteiger partial charge < -0.3 is 14.4 Å². The minimum Gasteiger partial charge on any atom is -0.429 e. The number of pyridine rings is 1. The first-order valence-corrected chi connectivity index (χ1v) is 11.3. The van der Waals surface area contributed by atoms with Crippen molar-refractivity contribution in [3.8, 4) is 22.7 Å². The first-order chi connectivity index (χ1) is 15.3. The average Bonchev–Trinajstić information content (AvgIpc) is 3.20. The number of nitrogens with zero attached hydrogens (tertiary/aromatic N) is 3. The average molecular weight is 472 g/mol. The fraction of sp³-hybridized carbons (Fsp3) is 0.250. The van der Waals surface area contributed by atoms with Crippen LogP contribution in [-0.2, 0) is 5.41 Å². The highest BCUT2D eigenvalue weighted by atomic mass is 35.5. The van der Waals surface area contributed by atoms with Crippen molar-refractivity contribution in [2.45, 2.75) is 24.4 Å². The standard InChI is InChI=1S/C24H23ClFN3O2S/c1-24(2,14-30)19-10-6-16(12-27-19)21-23(32-20-11-7-17(25)13-29(20)3)31-22(28-21)15-4-8-18(26)9-5-15/h4-12,30H,13-14H2,1-3H3. The molecule has 0 unspecified atom stereocenters. The lowest BCUT2D eigenvalue weighted by atomic mass is 9.90. The van der Waals surface area contributed by atoms with Gasteiger partial charge in [-0.25, -0.2) is 9.37 Å². The summed E-state index contributed by atoms with van der Waals surface area (Å²) in [6.07, 6.45) is 5.54. The highest BCUT2D eigenvalue weighted by Gasteiger charge is 2.24. The summed E-state index contributed by atoms with van der Waals surface area (Å²) < 4.78 is 19.5. The third-order valence-corrected chi connectivity index (χ3v) is 6.55. The van der Waals surface area contributed by atoms with Gasteiger partial charge in [-0.1, -0.05) is 25.4 Å². The van der Waals surface area contributed by atoms with Crippen LogP contribution < -0.4 is 0 Å². The summed E-state index contributed by atoms with van der Waals surface area (Å²) in [6.45, 7) is 4.48. The summed E-state index contributed by atoms with van der Waals surface area (Å²) in [6, 6.07) is 9.85. The van der Waals surface area contributed by atoms with Gasteiger partial charge in [0.25, 0.3) is 0 Å². The van der Waals surface area contributed by atoms with Crippen LogP contribution in [0.15, 0.2) is 74.3 Å². The molecule has 0 aliphatic carbocycles. The van der Waals surface area contributed by atoms with Crippen LogP contribution in [0.2, 0.25) is 0 Å². The lowest BCUT2D eigenvalue weighted by molar-refractivity contribution is 0.215. The molecule has 1 aromatic carbocycles. The topological polar surface area (TPSA) is 62.4 Å². The van der Waals surface area contributed by atoms with Gasteiger partial charge in [-0.3, -0.25) is 4.98 Å². The number of rotatable bonds is 6. The van der Waals surface area contributed by atoms with Crippen LogP contribution in [0.1, 0.15) is 19.5 Å². The van der Waals surface area contributed by atoms with E-state index in [1.165, 1.54) is 23.9 Å². The molecule has 0 saturated heterocycles. The van der Waals surface area contributed by atoms with Crippen molar-refractivity contribution in [2.24, 2.45) is 0 Å². The van der Waals surface area contributed by atoms with E-state index in [-0.39, 0.29) is 12.4 Å². The Morgan fingerprint density at radius 3 is 2.50 bits per heavy atom. The number of thioether (sulfide) groups is 1. The molecule has 3 heterocycles. The number of benzene rings is 1. The Labute approximate surface area is 195 Å². The summed E-state index contributed by atoms with van der Waals surface area (Å²) in [5, 5.41) is 12.0. The van der Waals surface area contributed by atoms with Crippen LogP contribution in [0.3, 0.4) is 0 Å². The van der Waals surface area contributed by atoms with Gasteiger partial charge in [0.1, 0.15) is 11.5 Å². The Bertz CT molecular complexity index is 1170. The number of aliphatic hydroxyl groups is 1. The molecule has 32 heavy (non-hydrogen) atoms. The Morgan fingerprint density at radius 1 is 1.16 bits per heavy atom. The van der Waals surface area contributed by atoms with E-state index in [4.69, 9.17) is 21.0 Å². The molecule has 3 aromatic rings. The second-order valence-corrected chi connectivity index (χ2v) is 9.69. The van der Waals surface area contributed by atoms with Gasteiger partial charge in [0.05, 0.1) is 18.2 Å². The molecule has 2 aromatic heterocycles. The van der Waals surface area contributed by atoms with E-state index in [9.17, 15) is 9.50 Å². The molecule has 8 heteroatoms. The molecular formula is C24H23ClFN3O2S. The molecule has 166 valence electrons. The zero-order valence-electron chi connectivity index (χ0n) is 18.0. The van der Waals surface area contributed by atoms with Crippen molar-refractivity contribution in [1.82, 2.24) is 14.9 Å². The predicted octanol–water partition coefficient (Wildman–Crippen LogP) is 5.81. The third kappa shape index (κ3) is 4.75. The first kappa shape index (κ1) is 22.6. The van der Waals surface area contributed by atoms with Crippen LogP contribution in [-0.4, -0.2) is 40.2 Å². The Balaban J connectivity index is 1.75. The summed E-state index contributed by atoms with van der Waals surface area (Å²) in [7, 11) is 1.96. The number of oxazole rings is 1. The molecular weight excluding hydrogens is 449 g/mol. The van der Waals surface area contributed by atoms with Crippen molar-refractivity contribution in [3.63, 3.8) is 0 Å². The molecule has 5 nitrogen and oxygen atoms in total. The van der Waals surface area contributed by atoms with Crippen molar-refractivity contribution >= 4 is 23.4 Å². The maximum absolute atomic E-state index is 13.4. The SMILES string of the molecule is CN1CC(Cl)=CC=C1Sc1oc(-c2ccc(F)cc2)nc1-c1ccc(C(C)(C)CO)nc1. The van der Waals surface area contributed by atoms with E-state index in [2.05, 4.69) is 4.98 Å². The molecule has 0 fully saturated rings. The number of allylic oxidation sites excluding steroid dienone is 2. The molecule has 0 amide bonds. The fourth-order valence-electron chi connectivity index (χ4n) is 3.14. The highest BCUT2D eigenvalue weighted by Crippen LogP contribution is 2.40. The molecule has 0 atom stereocenters. The molecule has 1 aliphatic rings. The lowest BCUT2D eigenvalue weighted by Gasteiger charge is -2.23. The summed E-state index contributed by atoms with van der Waals surface area (Å²) in [5.74, 6) is 0.0777. The number of aliphatic hydroxyl groups excluding tert-OH is 1. The number of hydrogen-bond acceptors (Lipinski definition) is 6. The van der Waals surface area contributed by atoms with E-state index in [0.29, 0.717) is 28.8 Å². The third-order valence-electron chi connectivity index (χ3n) is 5.18. The van der Waals surface area contributed by atoms with Crippen LogP contribution in [0.4, 0.5) is 4.39 Å². The van der Waals surface area contributed by atoms with Gasteiger partial charge in [0.2, 0.25) is 5.89 Å². The zero-order valence-corrected chi connectivity index (χ0v) is 19.5. The normalized spacial score (nSPS) is 14.4. The van der Waals surface area contributed by atoms with E-state index in [1.807, 2.05) is 50.1 Å². The quantitative estimate of drug-likeness (QED) is 0.489.